The van der Waals surface area contributed by atoms with Crippen LogP contribution in [0.25, 0.3) is 0 Å². The second kappa shape index (κ2) is 10.5. The maximum atomic E-state index is 12.3. The van der Waals surface area contributed by atoms with Gasteiger partial charge in [-0.3, -0.25) is 4.79 Å². The maximum absolute atomic E-state index is 12.3. The average molecular weight is 479 g/mol. The summed E-state index contributed by atoms with van der Waals surface area (Å²) in [4.78, 5) is 16.9. The summed E-state index contributed by atoms with van der Waals surface area (Å²) in [6.07, 6.45) is 2.11. The molecule has 0 atom stereocenters. The van der Waals surface area contributed by atoms with Gasteiger partial charge in [0.1, 0.15) is 11.5 Å². The Balaban J connectivity index is 1.67. The number of nitrogens with zero attached hydrogens (tertiary/aromatic N) is 2. The van der Waals surface area contributed by atoms with Crippen LogP contribution >= 0.6 is 34.5 Å². The van der Waals surface area contributed by atoms with Crippen LogP contribution < -0.4 is 20.6 Å². The van der Waals surface area contributed by atoms with Gasteiger partial charge in [0.05, 0.1) is 19.0 Å². The second-order valence-electron chi connectivity index (χ2n) is 6.28. The van der Waals surface area contributed by atoms with Crippen molar-refractivity contribution in [3.8, 4) is 11.5 Å². The zero-order chi connectivity index (χ0) is 22.4. The first-order valence-electron chi connectivity index (χ1n) is 9.25. The van der Waals surface area contributed by atoms with Crippen molar-refractivity contribution in [2.45, 2.75) is 20.0 Å². The third-order valence-electron chi connectivity index (χ3n) is 4.26. The Morgan fingerprint density at radius 3 is 2.68 bits per heavy atom. The third-order valence-corrected chi connectivity index (χ3v) is 5.89. The van der Waals surface area contributed by atoms with E-state index in [-0.39, 0.29) is 12.5 Å². The van der Waals surface area contributed by atoms with Crippen molar-refractivity contribution in [3.05, 3.63) is 68.1 Å². The molecule has 0 aliphatic heterocycles. The summed E-state index contributed by atoms with van der Waals surface area (Å²) in [6, 6.07) is 10.5. The van der Waals surface area contributed by atoms with Crippen molar-refractivity contribution in [2.75, 3.05) is 12.8 Å². The van der Waals surface area contributed by atoms with Crippen molar-refractivity contribution in [3.63, 3.8) is 0 Å². The van der Waals surface area contributed by atoms with Gasteiger partial charge in [-0.15, -0.1) is 0 Å². The Hall–Kier alpha value is -2.81. The number of ether oxygens (including phenoxy) is 2. The van der Waals surface area contributed by atoms with Crippen LogP contribution in [0.15, 0.2) is 41.5 Å². The second-order valence-corrected chi connectivity index (χ2v) is 8.12. The average Bonchev–Trinajstić information content (AvgIpc) is 3.14. The molecule has 3 aromatic rings. The first-order valence-corrected chi connectivity index (χ1v) is 10.8. The molecule has 1 aromatic heterocycles. The van der Waals surface area contributed by atoms with E-state index in [4.69, 9.17) is 38.4 Å². The molecular weight excluding hydrogens is 459 g/mol. The highest BCUT2D eigenvalue weighted by atomic mass is 35.5. The lowest BCUT2D eigenvalue weighted by molar-refractivity contribution is 0.0958. The lowest BCUT2D eigenvalue weighted by Gasteiger charge is -2.13. The molecule has 0 fully saturated rings. The fourth-order valence-corrected chi connectivity index (χ4v) is 4.02. The molecule has 10 heteroatoms. The van der Waals surface area contributed by atoms with Crippen LogP contribution in [-0.4, -0.2) is 24.2 Å². The molecule has 31 heavy (non-hydrogen) atoms. The summed E-state index contributed by atoms with van der Waals surface area (Å²) in [6.45, 7) is 2.10. The molecule has 3 rings (SSSR count). The van der Waals surface area contributed by atoms with E-state index in [2.05, 4.69) is 15.5 Å². The number of hydrogen-bond donors (Lipinski definition) is 2. The van der Waals surface area contributed by atoms with Gasteiger partial charge in [0.25, 0.3) is 5.91 Å². The van der Waals surface area contributed by atoms with Gasteiger partial charge < -0.3 is 15.2 Å². The first-order chi connectivity index (χ1) is 14.9. The smallest absolute Gasteiger partial charge is 0.283 e. The molecule has 0 bridgehead atoms. The molecule has 1 amide bonds. The lowest BCUT2D eigenvalue weighted by atomic mass is 10.2. The number of aryl methyl sites for hydroxylation is 1. The van der Waals surface area contributed by atoms with Crippen LogP contribution in [0.1, 0.15) is 33.4 Å². The highest BCUT2D eigenvalue weighted by Gasteiger charge is 2.15. The minimum absolute atomic E-state index is 0.191. The van der Waals surface area contributed by atoms with Crippen molar-refractivity contribution >= 4 is 51.8 Å². The number of methoxy groups -OCH3 is 1. The topological polar surface area (TPSA) is 98.8 Å². The quantitative estimate of drug-likeness (QED) is 0.352. The molecule has 0 radical (unpaired) electrons. The number of aromatic nitrogens is 1. The van der Waals surface area contributed by atoms with E-state index in [1.807, 2.05) is 6.92 Å². The molecule has 7 nitrogen and oxygen atoms in total. The summed E-state index contributed by atoms with van der Waals surface area (Å²) in [5.74, 6) is 0.667. The largest absolute Gasteiger partial charge is 0.493 e. The monoisotopic (exact) mass is 478 g/mol. The zero-order valence-electron chi connectivity index (χ0n) is 16.8. The maximum Gasteiger partial charge on any atom is 0.283 e. The molecule has 0 spiro atoms. The van der Waals surface area contributed by atoms with Crippen LogP contribution in [0.3, 0.4) is 0 Å². The van der Waals surface area contributed by atoms with E-state index in [1.54, 1.807) is 36.4 Å². The zero-order valence-corrected chi connectivity index (χ0v) is 19.1. The number of carbonyl (C=O) groups is 1. The number of nitrogens with two attached hydrogens (primary N) is 1. The number of amides is 1. The number of thiazole rings is 1. The van der Waals surface area contributed by atoms with Gasteiger partial charge in [-0.2, -0.15) is 5.10 Å². The Bertz CT molecular complexity index is 1100. The van der Waals surface area contributed by atoms with E-state index in [0.717, 1.165) is 11.3 Å². The third kappa shape index (κ3) is 5.66. The highest BCUT2D eigenvalue weighted by molar-refractivity contribution is 7.17. The van der Waals surface area contributed by atoms with E-state index >= 15 is 0 Å². The summed E-state index contributed by atoms with van der Waals surface area (Å²) in [5, 5.41) is 5.41. The van der Waals surface area contributed by atoms with E-state index in [0.29, 0.717) is 54.8 Å². The number of hydrogen-bond acceptors (Lipinski definition) is 7. The SMILES string of the molecule is CCc1nc(N)sc1C(=O)NN=Cc1ccc(OCc2c(Cl)cccc2Cl)c(OC)c1. The van der Waals surface area contributed by atoms with Crippen LogP contribution in [0, 0.1) is 0 Å². The van der Waals surface area contributed by atoms with Gasteiger partial charge in [0.2, 0.25) is 0 Å². The molecular formula is C21H20Cl2N4O3S. The molecule has 0 saturated carbocycles. The van der Waals surface area contributed by atoms with E-state index in [1.165, 1.54) is 13.3 Å². The van der Waals surface area contributed by atoms with Crippen molar-refractivity contribution in [1.82, 2.24) is 10.4 Å². The molecule has 2 aromatic carbocycles. The van der Waals surface area contributed by atoms with Crippen LogP contribution in [-0.2, 0) is 13.0 Å². The Labute approximate surface area is 193 Å². The lowest BCUT2D eigenvalue weighted by Crippen LogP contribution is -2.17. The van der Waals surface area contributed by atoms with Gasteiger partial charge in [0, 0.05) is 15.6 Å². The summed E-state index contributed by atoms with van der Waals surface area (Å²) in [7, 11) is 1.54. The predicted octanol–water partition coefficient (Wildman–Crippen LogP) is 4.95. The van der Waals surface area contributed by atoms with Gasteiger partial charge in [0.15, 0.2) is 16.6 Å². The number of hydrazone groups is 1. The fraction of sp³-hybridized carbons (Fsp3) is 0.190. The van der Waals surface area contributed by atoms with Gasteiger partial charge in [-0.25, -0.2) is 10.4 Å². The van der Waals surface area contributed by atoms with Gasteiger partial charge >= 0.3 is 0 Å². The number of nitrogens with one attached hydrogen (secondary N) is 1. The minimum Gasteiger partial charge on any atom is -0.493 e. The fourth-order valence-electron chi connectivity index (χ4n) is 2.71. The summed E-state index contributed by atoms with van der Waals surface area (Å²) in [5.41, 5.74) is 10.2. The van der Waals surface area contributed by atoms with Crippen LogP contribution in [0.4, 0.5) is 5.13 Å². The van der Waals surface area contributed by atoms with E-state index < -0.39 is 0 Å². The molecule has 0 aliphatic rings. The Morgan fingerprint density at radius 1 is 1.26 bits per heavy atom. The predicted molar refractivity (Wildman–Crippen MR) is 125 cm³/mol. The van der Waals surface area contributed by atoms with Gasteiger partial charge in [-0.05, 0) is 42.3 Å². The summed E-state index contributed by atoms with van der Waals surface area (Å²) >= 11 is 13.5. The molecule has 0 unspecified atom stereocenters. The molecule has 1 heterocycles. The first kappa shape index (κ1) is 22.9. The molecule has 162 valence electrons. The van der Waals surface area contributed by atoms with Crippen LogP contribution in [0.2, 0.25) is 10.0 Å². The summed E-state index contributed by atoms with van der Waals surface area (Å²) < 4.78 is 11.2. The molecule has 0 aliphatic carbocycles. The number of anilines is 1. The van der Waals surface area contributed by atoms with E-state index in [9.17, 15) is 4.79 Å². The Kier molecular flexibility index (Phi) is 7.73. The van der Waals surface area contributed by atoms with Crippen molar-refractivity contribution in [2.24, 2.45) is 5.10 Å². The van der Waals surface area contributed by atoms with Crippen LogP contribution in [0.5, 0.6) is 11.5 Å². The normalized spacial score (nSPS) is 11.0. The van der Waals surface area contributed by atoms with Gasteiger partial charge in [-0.1, -0.05) is 47.5 Å². The number of halogens is 2. The highest BCUT2D eigenvalue weighted by Crippen LogP contribution is 2.31. The number of benzene rings is 2. The Morgan fingerprint density at radius 2 is 2.00 bits per heavy atom. The molecule has 0 saturated heterocycles. The number of nitrogen functional groups attached to an aromatic ring is 1. The molecule has 3 N–H and O–H groups in total. The van der Waals surface area contributed by atoms with Crippen molar-refractivity contribution in [1.29, 1.82) is 0 Å². The standard InChI is InChI=1S/C21H20Cl2N4O3S/c1-3-16-19(31-21(24)26-16)20(28)27-25-10-12-7-8-17(18(9-12)29-2)30-11-13-14(22)5-4-6-15(13)23/h4-10H,3,11H2,1-2H3,(H2,24,26)(H,27,28). The van der Waals surface area contributed by atoms with Crippen molar-refractivity contribution < 1.29 is 14.3 Å². The number of carbonyl (C=O) groups excluding carboxylic acids is 1. The minimum atomic E-state index is -0.356. The number of rotatable bonds is 8.